The standard InChI is InChI=1S/C28H31NO8/c1-33-21-12-14-22(15-13-21)36-25-23(16-29-28(32)35-18-20-10-6-3-7-11-20)37-27(31)24(30)26(25)34-17-19-8-4-2-5-9-19/h2-15,23-27,30-31H,16-18H2,1H3,(H,29,32)/t23?,24-,25-,26?,27-/m1/s1. The molecular formula is C28H31NO8. The second-order valence-electron chi connectivity index (χ2n) is 8.52. The van der Waals surface area contributed by atoms with Crippen molar-refractivity contribution in [1.29, 1.82) is 0 Å². The number of hydrogen-bond donors (Lipinski definition) is 3. The van der Waals surface area contributed by atoms with E-state index in [4.69, 9.17) is 23.7 Å². The SMILES string of the molecule is COc1ccc(O[C@@H]2C(CNC(=O)OCc3ccccc3)O[C@@H](O)[C@H](O)C2OCc2ccccc2)cc1. The highest BCUT2D eigenvalue weighted by Crippen LogP contribution is 2.28. The molecule has 3 N–H and O–H groups in total. The van der Waals surface area contributed by atoms with Gasteiger partial charge >= 0.3 is 6.09 Å². The predicted molar refractivity (Wildman–Crippen MR) is 134 cm³/mol. The van der Waals surface area contributed by atoms with E-state index in [2.05, 4.69) is 5.32 Å². The minimum atomic E-state index is -1.54. The minimum Gasteiger partial charge on any atom is -0.497 e. The molecule has 1 amide bonds. The highest BCUT2D eigenvalue weighted by molar-refractivity contribution is 5.67. The molecule has 0 aromatic heterocycles. The Kier molecular flexibility index (Phi) is 9.34. The van der Waals surface area contributed by atoms with Gasteiger partial charge in [-0.15, -0.1) is 0 Å². The van der Waals surface area contributed by atoms with E-state index in [1.165, 1.54) is 0 Å². The topological polar surface area (TPSA) is 116 Å². The molecule has 2 unspecified atom stereocenters. The summed E-state index contributed by atoms with van der Waals surface area (Å²) >= 11 is 0. The van der Waals surface area contributed by atoms with E-state index >= 15 is 0 Å². The smallest absolute Gasteiger partial charge is 0.407 e. The lowest BCUT2D eigenvalue weighted by atomic mass is 9.98. The maximum Gasteiger partial charge on any atom is 0.407 e. The zero-order valence-corrected chi connectivity index (χ0v) is 20.4. The summed E-state index contributed by atoms with van der Waals surface area (Å²) in [5, 5.41) is 23.8. The molecule has 9 nitrogen and oxygen atoms in total. The number of alkyl carbamates (subject to hydrolysis) is 1. The molecule has 3 aromatic rings. The molecule has 0 aliphatic carbocycles. The van der Waals surface area contributed by atoms with Gasteiger partial charge in [-0.05, 0) is 35.4 Å². The van der Waals surface area contributed by atoms with Gasteiger partial charge < -0.3 is 39.2 Å². The van der Waals surface area contributed by atoms with Crippen LogP contribution < -0.4 is 14.8 Å². The number of aliphatic hydroxyl groups excluding tert-OH is 2. The summed E-state index contributed by atoms with van der Waals surface area (Å²) in [7, 11) is 1.56. The Morgan fingerprint density at radius 2 is 1.43 bits per heavy atom. The van der Waals surface area contributed by atoms with Crippen LogP contribution in [0.15, 0.2) is 84.9 Å². The van der Waals surface area contributed by atoms with E-state index in [0.717, 1.165) is 11.1 Å². The first-order valence-electron chi connectivity index (χ1n) is 12.0. The molecule has 1 saturated heterocycles. The lowest BCUT2D eigenvalue weighted by molar-refractivity contribution is -0.285. The highest BCUT2D eigenvalue weighted by Gasteiger charge is 2.47. The van der Waals surface area contributed by atoms with Gasteiger partial charge in [0.25, 0.3) is 0 Å². The van der Waals surface area contributed by atoms with Crippen LogP contribution in [-0.2, 0) is 27.4 Å². The molecule has 0 saturated carbocycles. The van der Waals surface area contributed by atoms with Gasteiger partial charge in [-0.2, -0.15) is 0 Å². The summed E-state index contributed by atoms with van der Waals surface area (Å²) in [6.45, 7) is 0.231. The molecule has 3 aromatic carbocycles. The van der Waals surface area contributed by atoms with Crippen LogP contribution in [-0.4, -0.2) is 60.7 Å². The molecule has 1 aliphatic rings. The summed E-state index contributed by atoms with van der Waals surface area (Å²) in [4.78, 5) is 12.3. The number of amides is 1. The Bertz CT molecular complexity index is 1100. The number of aliphatic hydroxyl groups is 2. The summed E-state index contributed by atoms with van der Waals surface area (Å²) in [6, 6.07) is 25.6. The van der Waals surface area contributed by atoms with Crippen LogP contribution in [0.2, 0.25) is 0 Å². The highest BCUT2D eigenvalue weighted by atomic mass is 16.7. The molecule has 9 heteroatoms. The van der Waals surface area contributed by atoms with Gasteiger partial charge in [-0.3, -0.25) is 0 Å². The summed E-state index contributed by atoms with van der Waals surface area (Å²) in [6.07, 6.45) is -6.26. The second kappa shape index (κ2) is 13.1. The van der Waals surface area contributed by atoms with Crippen molar-refractivity contribution in [2.75, 3.05) is 13.7 Å². The number of hydrogen-bond acceptors (Lipinski definition) is 8. The maximum atomic E-state index is 12.3. The average Bonchev–Trinajstić information content (AvgIpc) is 2.94. The Hall–Kier alpha value is -3.63. The van der Waals surface area contributed by atoms with Crippen molar-refractivity contribution in [3.63, 3.8) is 0 Å². The van der Waals surface area contributed by atoms with Gasteiger partial charge in [0.2, 0.25) is 0 Å². The van der Waals surface area contributed by atoms with Crippen LogP contribution in [0.5, 0.6) is 11.5 Å². The van der Waals surface area contributed by atoms with Crippen LogP contribution >= 0.6 is 0 Å². The molecule has 0 bridgehead atoms. The van der Waals surface area contributed by atoms with Crippen molar-refractivity contribution in [1.82, 2.24) is 5.32 Å². The zero-order valence-electron chi connectivity index (χ0n) is 20.4. The van der Waals surface area contributed by atoms with Crippen molar-refractivity contribution >= 4 is 6.09 Å². The Labute approximate surface area is 215 Å². The number of carbonyl (C=O) groups is 1. The quantitative estimate of drug-likeness (QED) is 0.382. The molecule has 196 valence electrons. The third kappa shape index (κ3) is 7.43. The second-order valence-corrected chi connectivity index (χ2v) is 8.52. The molecule has 0 radical (unpaired) electrons. The van der Waals surface area contributed by atoms with Crippen molar-refractivity contribution in [3.8, 4) is 11.5 Å². The first-order valence-corrected chi connectivity index (χ1v) is 12.0. The lowest BCUT2D eigenvalue weighted by Gasteiger charge is -2.42. The number of methoxy groups -OCH3 is 1. The van der Waals surface area contributed by atoms with Crippen LogP contribution in [0.3, 0.4) is 0 Å². The van der Waals surface area contributed by atoms with Crippen LogP contribution in [0.4, 0.5) is 4.79 Å². The number of rotatable bonds is 10. The fourth-order valence-electron chi connectivity index (χ4n) is 3.94. The van der Waals surface area contributed by atoms with Crippen LogP contribution in [0.25, 0.3) is 0 Å². The summed E-state index contributed by atoms with van der Waals surface area (Å²) in [5.74, 6) is 1.13. The fraction of sp³-hybridized carbons (Fsp3) is 0.321. The number of nitrogens with one attached hydrogen (secondary N) is 1. The van der Waals surface area contributed by atoms with Gasteiger partial charge in [0.05, 0.1) is 20.3 Å². The first-order chi connectivity index (χ1) is 18.0. The molecule has 0 spiro atoms. The average molecular weight is 510 g/mol. The summed E-state index contributed by atoms with van der Waals surface area (Å²) in [5.41, 5.74) is 1.73. The molecule has 5 atom stereocenters. The summed E-state index contributed by atoms with van der Waals surface area (Å²) < 4.78 is 28.3. The van der Waals surface area contributed by atoms with Gasteiger partial charge in [0.1, 0.15) is 36.4 Å². The van der Waals surface area contributed by atoms with E-state index in [1.807, 2.05) is 60.7 Å². The first kappa shape index (κ1) is 26.4. The Balaban J connectivity index is 1.46. The van der Waals surface area contributed by atoms with E-state index < -0.39 is 36.8 Å². The number of benzene rings is 3. The lowest BCUT2D eigenvalue weighted by Crippen LogP contribution is -2.62. The monoisotopic (exact) mass is 509 g/mol. The molecule has 1 heterocycles. The van der Waals surface area contributed by atoms with Crippen molar-refractivity contribution < 1.29 is 38.7 Å². The minimum absolute atomic E-state index is 0.0522. The Morgan fingerprint density at radius 1 is 0.838 bits per heavy atom. The van der Waals surface area contributed by atoms with Crippen LogP contribution in [0.1, 0.15) is 11.1 Å². The fourth-order valence-corrected chi connectivity index (χ4v) is 3.94. The van der Waals surface area contributed by atoms with Gasteiger partial charge in [-0.25, -0.2) is 4.79 Å². The third-order valence-electron chi connectivity index (χ3n) is 5.91. The molecule has 4 rings (SSSR count). The number of carbonyl (C=O) groups excluding carboxylic acids is 1. The van der Waals surface area contributed by atoms with E-state index in [-0.39, 0.29) is 19.8 Å². The van der Waals surface area contributed by atoms with Crippen molar-refractivity contribution in [2.45, 2.75) is 43.9 Å². The zero-order chi connectivity index (χ0) is 26.0. The van der Waals surface area contributed by atoms with Crippen LogP contribution in [0, 0.1) is 0 Å². The van der Waals surface area contributed by atoms with Crippen molar-refractivity contribution in [3.05, 3.63) is 96.1 Å². The van der Waals surface area contributed by atoms with Crippen molar-refractivity contribution in [2.24, 2.45) is 0 Å². The van der Waals surface area contributed by atoms with E-state index in [1.54, 1.807) is 31.4 Å². The van der Waals surface area contributed by atoms with Gasteiger partial charge in [0.15, 0.2) is 12.4 Å². The molecule has 37 heavy (non-hydrogen) atoms. The van der Waals surface area contributed by atoms with E-state index in [9.17, 15) is 15.0 Å². The predicted octanol–water partition coefficient (Wildman–Crippen LogP) is 3.03. The number of ether oxygens (including phenoxy) is 5. The largest absolute Gasteiger partial charge is 0.497 e. The Morgan fingerprint density at radius 3 is 2.05 bits per heavy atom. The third-order valence-corrected chi connectivity index (χ3v) is 5.91. The van der Waals surface area contributed by atoms with E-state index in [0.29, 0.717) is 11.5 Å². The molecular weight excluding hydrogens is 478 g/mol. The van der Waals surface area contributed by atoms with Gasteiger partial charge in [-0.1, -0.05) is 60.7 Å². The maximum absolute atomic E-state index is 12.3. The van der Waals surface area contributed by atoms with Gasteiger partial charge in [0, 0.05) is 0 Å². The normalized spacial score (nSPS) is 23.2. The molecule has 1 aliphatic heterocycles. The molecule has 1 fully saturated rings.